The van der Waals surface area contributed by atoms with Crippen LogP contribution in [0.4, 0.5) is 5.13 Å². The van der Waals surface area contributed by atoms with Gasteiger partial charge in [-0.05, 0) is 38.1 Å². The molecule has 0 bridgehead atoms. The topological polar surface area (TPSA) is 101 Å². The first-order chi connectivity index (χ1) is 14.8. The molecule has 10 heteroatoms. The third kappa shape index (κ3) is 7.42. The van der Waals surface area contributed by atoms with Crippen molar-refractivity contribution in [2.45, 2.75) is 36.5 Å². The quantitative estimate of drug-likeness (QED) is 0.432. The smallest absolute Gasteiger partial charge is 0.240 e. The lowest BCUT2D eigenvalue weighted by Gasteiger charge is -2.05. The molecule has 7 nitrogen and oxygen atoms in total. The Kier molecular flexibility index (Phi) is 8.19. The van der Waals surface area contributed by atoms with Gasteiger partial charge in [0.25, 0.3) is 0 Å². The van der Waals surface area contributed by atoms with Crippen molar-refractivity contribution >= 4 is 44.2 Å². The van der Waals surface area contributed by atoms with Crippen LogP contribution in [0.15, 0.2) is 58.3 Å². The van der Waals surface area contributed by atoms with E-state index in [9.17, 15) is 13.2 Å². The van der Waals surface area contributed by atoms with Crippen LogP contribution in [0.25, 0.3) is 0 Å². The van der Waals surface area contributed by atoms with Crippen molar-refractivity contribution in [2.24, 2.45) is 0 Å². The number of benzene rings is 2. The second-order valence-corrected chi connectivity index (χ2v) is 10.9. The number of nitrogens with one attached hydrogen (secondary N) is 2. The Morgan fingerprint density at radius 1 is 1.00 bits per heavy atom. The molecule has 2 N–H and O–H groups in total. The summed E-state index contributed by atoms with van der Waals surface area (Å²) in [6.45, 7) is 4.14. The molecule has 0 aliphatic heterocycles. The minimum absolute atomic E-state index is 0.123. The molecule has 3 rings (SSSR count). The average molecular weight is 477 g/mol. The first kappa shape index (κ1) is 23.4. The number of hydrogen-bond acceptors (Lipinski definition) is 7. The van der Waals surface area contributed by atoms with Gasteiger partial charge in [-0.15, -0.1) is 22.0 Å². The maximum absolute atomic E-state index is 12.3. The van der Waals surface area contributed by atoms with Gasteiger partial charge < -0.3 is 5.32 Å². The molecule has 2 aromatic carbocycles. The molecule has 1 heterocycles. The van der Waals surface area contributed by atoms with Crippen LogP contribution in [-0.4, -0.2) is 36.8 Å². The van der Waals surface area contributed by atoms with Crippen molar-refractivity contribution in [3.8, 4) is 0 Å². The van der Waals surface area contributed by atoms with Crippen molar-refractivity contribution in [2.75, 3.05) is 17.6 Å². The molecule has 0 aliphatic carbocycles. The van der Waals surface area contributed by atoms with E-state index in [-0.39, 0.29) is 17.3 Å². The van der Waals surface area contributed by atoms with E-state index in [1.54, 1.807) is 36.0 Å². The predicted octanol–water partition coefficient (Wildman–Crippen LogP) is 3.80. The van der Waals surface area contributed by atoms with E-state index in [1.807, 2.05) is 38.1 Å². The van der Waals surface area contributed by atoms with Gasteiger partial charge in [-0.2, -0.15) is 0 Å². The van der Waals surface area contributed by atoms with Crippen LogP contribution in [0.1, 0.15) is 22.6 Å². The molecule has 0 saturated carbocycles. The number of anilines is 1. The van der Waals surface area contributed by atoms with Crippen LogP contribution in [-0.2, 0) is 21.2 Å². The lowest BCUT2D eigenvalue weighted by atomic mass is 10.2. The average Bonchev–Trinajstić information content (AvgIpc) is 3.16. The molecule has 0 radical (unpaired) electrons. The number of aromatic nitrogens is 2. The fourth-order valence-electron chi connectivity index (χ4n) is 2.58. The minimum Gasteiger partial charge on any atom is -0.301 e. The molecule has 0 unspecified atom stereocenters. The maximum atomic E-state index is 12.3. The Morgan fingerprint density at radius 2 is 1.65 bits per heavy atom. The molecule has 1 aromatic heterocycles. The molecule has 31 heavy (non-hydrogen) atoms. The van der Waals surface area contributed by atoms with Crippen LogP contribution in [0.2, 0.25) is 0 Å². The summed E-state index contributed by atoms with van der Waals surface area (Å²) in [5.41, 5.74) is 2.20. The fraction of sp³-hybridized carbons (Fsp3) is 0.286. The van der Waals surface area contributed by atoms with E-state index in [4.69, 9.17) is 0 Å². The van der Waals surface area contributed by atoms with Gasteiger partial charge >= 0.3 is 0 Å². The minimum atomic E-state index is -3.56. The Morgan fingerprint density at radius 3 is 2.32 bits per heavy atom. The van der Waals surface area contributed by atoms with Crippen molar-refractivity contribution in [3.63, 3.8) is 0 Å². The highest BCUT2D eigenvalue weighted by Crippen LogP contribution is 2.20. The summed E-state index contributed by atoms with van der Waals surface area (Å²) < 4.78 is 27.2. The summed E-state index contributed by atoms with van der Waals surface area (Å²) in [4.78, 5) is 13.5. The van der Waals surface area contributed by atoms with Gasteiger partial charge in [0.2, 0.25) is 21.1 Å². The molecule has 0 saturated heterocycles. The summed E-state index contributed by atoms with van der Waals surface area (Å²) in [7, 11) is -3.56. The van der Waals surface area contributed by atoms with Gasteiger partial charge in [0, 0.05) is 30.0 Å². The van der Waals surface area contributed by atoms with Crippen LogP contribution in [0, 0.1) is 13.8 Å². The van der Waals surface area contributed by atoms with Crippen molar-refractivity contribution in [3.05, 3.63) is 64.7 Å². The number of amides is 1. The molecule has 0 fully saturated rings. The summed E-state index contributed by atoms with van der Waals surface area (Å²) in [5, 5.41) is 11.8. The molecule has 164 valence electrons. The predicted molar refractivity (Wildman–Crippen MR) is 125 cm³/mol. The molecular formula is C21H24N4O3S3. The van der Waals surface area contributed by atoms with Crippen LogP contribution >= 0.6 is 23.1 Å². The summed E-state index contributed by atoms with van der Waals surface area (Å²) in [6.07, 6.45) is 0.756. The lowest BCUT2D eigenvalue weighted by molar-refractivity contribution is -0.115. The first-order valence-corrected chi connectivity index (χ1v) is 13.0. The van der Waals surface area contributed by atoms with Crippen LogP contribution in [0.5, 0.6) is 0 Å². The normalized spacial score (nSPS) is 11.4. The number of rotatable bonds is 10. The Bertz CT molecular complexity index is 1110. The van der Waals surface area contributed by atoms with Gasteiger partial charge in [-0.25, -0.2) is 13.1 Å². The van der Waals surface area contributed by atoms with E-state index in [1.165, 1.54) is 16.9 Å². The zero-order chi connectivity index (χ0) is 22.3. The number of carbonyl (C=O) groups excluding carboxylic acids is 1. The standard InChI is InChI=1S/C21H24N4O3S3/c1-15-3-7-17(8-4-15)29-14-12-19(26)23-21-25-24-20(30-21)11-13-22-31(27,28)18-9-5-16(2)6-10-18/h3-10,22H,11-14H2,1-2H3,(H,23,25,26). The highest BCUT2D eigenvalue weighted by atomic mass is 32.2. The van der Waals surface area contributed by atoms with Crippen LogP contribution in [0.3, 0.4) is 0 Å². The highest BCUT2D eigenvalue weighted by Gasteiger charge is 2.14. The Hall–Kier alpha value is -2.27. The van der Waals surface area contributed by atoms with E-state index >= 15 is 0 Å². The number of thioether (sulfide) groups is 1. The molecule has 1 amide bonds. The lowest BCUT2D eigenvalue weighted by Crippen LogP contribution is -2.25. The number of hydrogen-bond donors (Lipinski definition) is 2. The SMILES string of the molecule is Cc1ccc(SCCC(=O)Nc2nnc(CCNS(=O)(=O)c3ccc(C)cc3)s2)cc1. The zero-order valence-electron chi connectivity index (χ0n) is 17.3. The summed E-state index contributed by atoms with van der Waals surface area (Å²) in [5.74, 6) is 0.545. The second kappa shape index (κ2) is 10.9. The van der Waals surface area contributed by atoms with Crippen LogP contribution < -0.4 is 10.0 Å². The van der Waals surface area contributed by atoms with E-state index in [0.29, 0.717) is 28.7 Å². The molecule has 0 spiro atoms. The van der Waals surface area contributed by atoms with Gasteiger partial charge in [-0.1, -0.05) is 46.7 Å². The summed E-state index contributed by atoms with van der Waals surface area (Å²) in [6, 6.07) is 14.9. The van der Waals surface area contributed by atoms with E-state index < -0.39 is 10.0 Å². The molecule has 0 aliphatic rings. The Labute approximate surface area is 190 Å². The molecule has 3 aromatic rings. The number of sulfonamides is 1. The third-order valence-electron chi connectivity index (χ3n) is 4.29. The zero-order valence-corrected chi connectivity index (χ0v) is 19.7. The largest absolute Gasteiger partial charge is 0.301 e. The molecular weight excluding hydrogens is 452 g/mol. The molecule has 0 atom stereocenters. The van der Waals surface area contributed by atoms with Gasteiger partial charge in [0.05, 0.1) is 4.90 Å². The maximum Gasteiger partial charge on any atom is 0.240 e. The van der Waals surface area contributed by atoms with Gasteiger partial charge in [0.1, 0.15) is 5.01 Å². The second-order valence-electron chi connectivity index (χ2n) is 6.92. The first-order valence-electron chi connectivity index (χ1n) is 9.70. The van der Waals surface area contributed by atoms with Crippen molar-refractivity contribution in [1.82, 2.24) is 14.9 Å². The highest BCUT2D eigenvalue weighted by molar-refractivity contribution is 7.99. The summed E-state index contributed by atoms with van der Waals surface area (Å²) >= 11 is 2.87. The van der Waals surface area contributed by atoms with Gasteiger partial charge in [-0.3, -0.25) is 4.79 Å². The Balaban J connectivity index is 1.40. The van der Waals surface area contributed by atoms with Gasteiger partial charge in [0.15, 0.2) is 0 Å². The monoisotopic (exact) mass is 476 g/mol. The fourth-order valence-corrected chi connectivity index (χ4v) is 5.22. The third-order valence-corrected chi connectivity index (χ3v) is 7.68. The number of carbonyl (C=O) groups is 1. The van der Waals surface area contributed by atoms with Crippen molar-refractivity contribution in [1.29, 1.82) is 0 Å². The van der Waals surface area contributed by atoms with E-state index in [2.05, 4.69) is 20.2 Å². The number of nitrogens with zero attached hydrogens (tertiary/aromatic N) is 2. The number of aryl methyl sites for hydroxylation is 2. The van der Waals surface area contributed by atoms with E-state index in [0.717, 1.165) is 10.5 Å². The van der Waals surface area contributed by atoms with Crippen molar-refractivity contribution < 1.29 is 13.2 Å².